The van der Waals surface area contributed by atoms with Crippen LogP contribution in [0.15, 0.2) is 42.5 Å². The molecule has 30 heavy (non-hydrogen) atoms. The largest absolute Gasteiger partial charge is 0.354 e. The van der Waals surface area contributed by atoms with Gasteiger partial charge in [-0.25, -0.2) is 0 Å². The second-order valence-corrected chi connectivity index (χ2v) is 8.03. The second kappa shape index (κ2) is 10.4. The topological polar surface area (TPSA) is 90.5 Å². The molecule has 7 nitrogen and oxygen atoms in total. The Bertz CT molecular complexity index is 780. The molecule has 0 aromatic heterocycles. The molecule has 1 saturated heterocycles. The van der Waals surface area contributed by atoms with Crippen molar-refractivity contribution in [2.24, 2.45) is 0 Å². The number of carbonyl (C=O) groups is 3. The van der Waals surface area contributed by atoms with Gasteiger partial charge in [-0.1, -0.05) is 42.5 Å². The molecule has 0 bridgehead atoms. The molecule has 2 heterocycles. The third-order valence-corrected chi connectivity index (χ3v) is 6.00. The number of hydrogen-bond donors (Lipinski definition) is 3. The summed E-state index contributed by atoms with van der Waals surface area (Å²) in [5.74, 6) is -0.494. The molecule has 7 heteroatoms. The van der Waals surface area contributed by atoms with Crippen molar-refractivity contribution in [2.45, 2.75) is 63.2 Å². The zero-order valence-electron chi connectivity index (χ0n) is 17.8. The third-order valence-electron chi connectivity index (χ3n) is 6.00. The lowest BCUT2D eigenvalue weighted by atomic mass is 10.0. The second-order valence-electron chi connectivity index (χ2n) is 8.03. The van der Waals surface area contributed by atoms with Crippen molar-refractivity contribution in [3.05, 3.63) is 48.0 Å². The Labute approximate surface area is 178 Å². The van der Waals surface area contributed by atoms with Crippen LogP contribution in [0.25, 0.3) is 0 Å². The highest BCUT2D eigenvalue weighted by Crippen LogP contribution is 2.29. The van der Waals surface area contributed by atoms with Gasteiger partial charge in [-0.2, -0.15) is 0 Å². The number of nitrogens with one attached hydrogen (secondary N) is 3. The lowest BCUT2D eigenvalue weighted by Crippen LogP contribution is -2.57. The van der Waals surface area contributed by atoms with E-state index in [0.29, 0.717) is 19.4 Å². The first kappa shape index (κ1) is 22.0. The van der Waals surface area contributed by atoms with Crippen molar-refractivity contribution in [1.29, 1.82) is 0 Å². The zero-order valence-corrected chi connectivity index (χ0v) is 17.8. The van der Waals surface area contributed by atoms with Crippen LogP contribution in [0.2, 0.25) is 0 Å². The van der Waals surface area contributed by atoms with Crippen LogP contribution < -0.4 is 16.0 Å². The van der Waals surface area contributed by atoms with Gasteiger partial charge in [0.15, 0.2) is 0 Å². The lowest BCUT2D eigenvalue weighted by molar-refractivity contribution is -0.143. The minimum atomic E-state index is -0.648. The molecule has 4 atom stereocenters. The van der Waals surface area contributed by atoms with E-state index >= 15 is 0 Å². The summed E-state index contributed by atoms with van der Waals surface area (Å²) in [5.41, 5.74) is 1.16. The van der Waals surface area contributed by atoms with Gasteiger partial charge >= 0.3 is 0 Å². The molecule has 3 rings (SSSR count). The fraction of sp³-hybridized carbons (Fsp3) is 0.522. The average molecular weight is 413 g/mol. The van der Waals surface area contributed by atoms with Crippen molar-refractivity contribution in [2.75, 3.05) is 13.6 Å². The minimum Gasteiger partial charge on any atom is -0.354 e. The third kappa shape index (κ3) is 5.27. The lowest BCUT2D eigenvalue weighted by Gasteiger charge is -2.34. The molecular formula is C23H32N4O3. The summed E-state index contributed by atoms with van der Waals surface area (Å²) in [6.07, 6.45) is 7.38. The normalized spacial score (nSPS) is 25.6. The van der Waals surface area contributed by atoms with E-state index < -0.39 is 18.1 Å². The minimum absolute atomic E-state index is 0.0000454. The molecule has 2 aliphatic heterocycles. The summed E-state index contributed by atoms with van der Waals surface area (Å²) >= 11 is 0. The number of likely N-dealkylation sites (N-methyl/N-ethyl adjacent to an activating group) is 1. The fourth-order valence-electron chi connectivity index (χ4n) is 4.11. The average Bonchev–Trinajstić information content (AvgIpc) is 3.17. The van der Waals surface area contributed by atoms with Gasteiger partial charge in [0.25, 0.3) is 0 Å². The first-order valence-electron chi connectivity index (χ1n) is 10.8. The number of rotatable bonds is 7. The predicted octanol–water partition coefficient (Wildman–Crippen LogP) is 1.15. The van der Waals surface area contributed by atoms with Crippen LogP contribution >= 0.6 is 0 Å². The quantitative estimate of drug-likeness (QED) is 0.586. The van der Waals surface area contributed by atoms with Crippen LogP contribution in [-0.4, -0.2) is 60.4 Å². The molecule has 162 valence electrons. The van der Waals surface area contributed by atoms with Gasteiger partial charge in [-0.15, -0.1) is 0 Å². The van der Waals surface area contributed by atoms with Crippen LogP contribution in [0.4, 0.5) is 0 Å². The van der Waals surface area contributed by atoms with Crippen LogP contribution in [0.3, 0.4) is 0 Å². The predicted molar refractivity (Wildman–Crippen MR) is 116 cm³/mol. The van der Waals surface area contributed by atoms with E-state index in [9.17, 15) is 14.4 Å². The zero-order chi connectivity index (χ0) is 21.5. The number of amides is 3. The van der Waals surface area contributed by atoms with Crippen LogP contribution in [-0.2, 0) is 20.8 Å². The van der Waals surface area contributed by atoms with Crippen LogP contribution in [0, 0.1) is 0 Å². The van der Waals surface area contributed by atoms with Crippen molar-refractivity contribution in [3.8, 4) is 0 Å². The maximum Gasteiger partial charge on any atom is 0.246 e. The van der Waals surface area contributed by atoms with Gasteiger partial charge in [-0.05, 0) is 51.6 Å². The molecule has 3 amide bonds. The first-order valence-corrected chi connectivity index (χ1v) is 10.8. The molecule has 2 aliphatic rings. The Balaban J connectivity index is 1.65. The van der Waals surface area contributed by atoms with Gasteiger partial charge in [0.2, 0.25) is 17.7 Å². The molecule has 1 fully saturated rings. The maximum atomic E-state index is 13.3. The van der Waals surface area contributed by atoms with Gasteiger partial charge in [0.05, 0.1) is 6.04 Å². The van der Waals surface area contributed by atoms with E-state index in [0.717, 1.165) is 24.8 Å². The van der Waals surface area contributed by atoms with E-state index in [2.05, 4.69) is 22.0 Å². The molecule has 1 aromatic carbocycles. The Morgan fingerprint density at radius 1 is 1.13 bits per heavy atom. The number of carbonyl (C=O) groups excluding carboxylic acids is 3. The summed E-state index contributed by atoms with van der Waals surface area (Å²) in [5, 5.41) is 8.73. The first-order chi connectivity index (χ1) is 14.5. The van der Waals surface area contributed by atoms with Crippen LogP contribution in [0.1, 0.15) is 38.2 Å². The molecule has 0 aliphatic carbocycles. The Hall–Kier alpha value is -2.67. The van der Waals surface area contributed by atoms with Gasteiger partial charge in [0, 0.05) is 12.6 Å². The number of fused-ring (bicyclic) bond motifs is 1. The van der Waals surface area contributed by atoms with Crippen molar-refractivity contribution >= 4 is 17.7 Å². The molecule has 0 unspecified atom stereocenters. The summed E-state index contributed by atoms with van der Waals surface area (Å²) in [4.78, 5) is 40.3. The summed E-state index contributed by atoms with van der Waals surface area (Å²) < 4.78 is 0. The molecular weight excluding hydrogens is 380 g/mol. The monoisotopic (exact) mass is 412 g/mol. The van der Waals surface area contributed by atoms with Crippen LogP contribution in [0.5, 0.6) is 0 Å². The van der Waals surface area contributed by atoms with E-state index in [1.807, 2.05) is 36.4 Å². The number of nitrogens with zero attached hydrogens (tertiary/aromatic N) is 1. The summed E-state index contributed by atoms with van der Waals surface area (Å²) in [6, 6.07) is 8.48. The smallest absolute Gasteiger partial charge is 0.246 e. The summed E-state index contributed by atoms with van der Waals surface area (Å²) in [7, 11) is 1.70. The Kier molecular flexibility index (Phi) is 7.63. The molecule has 1 aromatic rings. The van der Waals surface area contributed by atoms with E-state index in [-0.39, 0.29) is 23.8 Å². The standard InChI is InChI=1S/C23H32N4O3/c1-16(24-2)21(28)26-19-11-7-6-10-18-12-13-20(27(18)23(19)30)22(29)25-15-14-17-8-4-3-5-9-17/h3-9,16,18-20,24H,10-15H2,1-2H3,(H,25,29)(H,26,28)/b7-6-/t16-,18-,19-,20-/m0/s1. The number of benzene rings is 1. The van der Waals surface area contributed by atoms with E-state index in [4.69, 9.17) is 0 Å². The molecule has 0 saturated carbocycles. The highest BCUT2D eigenvalue weighted by molar-refractivity contribution is 5.93. The van der Waals surface area contributed by atoms with Crippen molar-refractivity contribution in [3.63, 3.8) is 0 Å². The Morgan fingerprint density at radius 2 is 1.87 bits per heavy atom. The number of hydrogen-bond acceptors (Lipinski definition) is 4. The molecule has 0 spiro atoms. The highest BCUT2D eigenvalue weighted by Gasteiger charge is 2.43. The Morgan fingerprint density at radius 3 is 2.60 bits per heavy atom. The van der Waals surface area contributed by atoms with Gasteiger partial charge < -0.3 is 20.9 Å². The maximum absolute atomic E-state index is 13.3. The van der Waals surface area contributed by atoms with E-state index in [1.165, 1.54) is 0 Å². The SMILES string of the molecule is CN[C@@H](C)C(=O)N[C@H]1C/C=C\C[C@H]2CC[C@@H](C(=O)NCCc3ccccc3)N2C1=O. The van der Waals surface area contributed by atoms with E-state index in [1.54, 1.807) is 18.9 Å². The summed E-state index contributed by atoms with van der Waals surface area (Å²) in [6.45, 7) is 2.28. The van der Waals surface area contributed by atoms with Crippen molar-refractivity contribution < 1.29 is 14.4 Å². The van der Waals surface area contributed by atoms with Gasteiger partial charge in [0.1, 0.15) is 12.1 Å². The van der Waals surface area contributed by atoms with Crippen molar-refractivity contribution in [1.82, 2.24) is 20.9 Å². The fourth-order valence-corrected chi connectivity index (χ4v) is 4.11. The molecule has 0 radical (unpaired) electrons. The highest BCUT2D eigenvalue weighted by atomic mass is 16.2. The van der Waals surface area contributed by atoms with Gasteiger partial charge in [-0.3, -0.25) is 14.4 Å². The molecule has 3 N–H and O–H groups in total.